The Morgan fingerprint density at radius 3 is 2.33 bits per heavy atom. The fourth-order valence-electron chi connectivity index (χ4n) is 3.28. The largest absolute Gasteiger partial charge is 0.489 e. The van der Waals surface area contributed by atoms with Crippen molar-refractivity contribution in [2.24, 2.45) is 0 Å². The Kier molecular flexibility index (Phi) is 4.06. The number of benzene rings is 3. The van der Waals surface area contributed by atoms with Crippen LogP contribution in [0.25, 0.3) is 11.1 Å². The molecule has 0 radical (unpaired) electrons. The van der Waals surface area contributed by atoms with E-state index in [4.69, 9.17) is 4.74 Å². The summed E-state index contributed by atoms with van der Waals surface area (Å²) in [6, 6.07) is 22.6. The highest BCUT2D eigenvalue weighted by Crippen LogP contribution is 2.39. The lowest BCUT2D eigenvalue weighted by Crippen LogP contribution is -2.13. The Labute approximate surface area is 142 Å². The average molecular weight is 316 g/mol. The molecule has 1 aliphatic carbocycles. The monoisotopic (exact) mass is 316 g/mol. The molecule has 3 aromatic carbocycles. The maximum Gasteiger partial charge on any atom is 0.123 e. The summed E-state index contributed by atoms with van der Waals surface area (Å²) in [5.74, 6) is 1.00. The normalized spacial score (nSPS) is 12.4. The average Bonchev–Trinajstić information content (AvgIpc) is 2.61. The van der Waals surface area contributed by atoms with Crippen LogP contribution in [0, 0.1) is 0 Å². The minimum absolute atomic E-state index is 0.0777. The van der Waals surface area contributed by atoms with Gasteiger partial charge in [0.05, 0.1) is 6.61 Å². The number of fused-ring (bicyclic) bond motifs is 1. The molecule has 2 nitrogen and oxygen atoms in total. The van der Waals surface area contributed by atoms with Crippen LogP contribution in [-0.4, -0.2) is 5.11 Å². The molecule has 4 rings (SSSR count). The molecule has 1 N–H and O–H groups in total. The Morgan fingerprint density at radius 1 is 0.792 bits per heavy atom. The minimum Gasteiger partial charge on any atom is -0.489 e. The van der Waals surface area contributed by atoms with Gasteiger partial charge in [-0.15, -0.1) is 0 Å². The molecule has 0 aromatic heterocycles. The van der Waals surface area contributed by atoms with Gasteiger partial charge in [-0.05, 0) is 58.4 Å². The maximum absolute atomic E-state index is 9.35. The van der Waals surface area contributed by atoms with Gasteiger partial charge in [-0.25, -0.2) is 0 Å². The molecule has 0 amide bonds. The van der Waals surface area contributed by atoms with E-state index < -0.39 is 0 Å². The van der Waals surface area contributed by atoms with E-state index in [1.54, 1.807) is 0 Å². The first-order valence-corrected chi connectivity index (χ1v) is 8.37. The molecule has 0 atom stereocenters. The molecule has 0 aliphatic heterocycles. The topological polar surface area (TPSA) is 29.5 Å². The fraction of sp³-hybridized carbons (Fsp3) is 0.182. The molecule has 120 valence electrons. The fourth-order valence-corrected chi connectivity index (χ4v) is 3.28. The molecular weight excluding hydrogens is 296 g/mol. The summed E-state index contributed by atoms with van der Waals surface area (Å²) in [5, 5.41) is 9.35. The molecule has 0 saturated carbocycles. The molecule has 0 fully saturated rings. The smallest absolute Gasteiger partial charge is 0.123 e. The minimum atomic E-state index is 0.0777. The van der Waals surface area contributed by atoms with Crippen molar-refractivity contribution in [1.29, 1.82) is 0 Å². The molecule has 24 heavy (non-hydrogen) atoms. The molecule has 3 aromatic rings. The van der Waals surface area contributed by atoms with Gasteiger partial charge in [0.2, 0.25) is 0 Å². The Morgan fingerprint density at radius 2 is 1.58 bits per heavy atom. The zero-order valence-corrected chi connectivity index (χ0v) is 13.5. The first-order valence-electron chi connectivity index (χ1n) is 8.37. The summed E-state index contributed by atoms with van der Waals surface area (Å²) in [5.41, 5.74) is 7.29. The molecule has 2 heteroatoms. The zero-order chi connectivity index (χ0) is 16.4. The highest BCUT2D eigenvalue weighted by molar-refractivity contribution is 5.73. The van der Waals surface area contributed by atoms with E-state index in [-0.39, 0.29) is 6.61 Å². The van der Waals surface area contributed by atoms with Crippen molar-refractivity contribution in [1.82, 2.24) is 0 Å². The van der Waals surface area contributed by atoms with Crippen LogP contribution in [0.4, 0.5) is 0 Å². The number of aliphatic hydroxyl groups excluding tert-OH is 1. The van der Waals surface area contributed by atoms with Gasteiger partial charge in [-0.3, -0.25) is 0 Å². The van der Waals surface area contributed by atoms with E-state index in [2.05, 4.69) is 36.4 Å². The van der Waals surface area contributed by atoms with Gasteiger partial charge in [0, 0.05) is 0 Å². The van der Waals surface area contributed by atoms with Gasteiger partial charge >= 0.3 is 0 Å². The van der Waals surface area contributed by atoms with Crippen molar-refractivity contribution in [3.05, 3.63) is 89.0 Å². The van der Waals surface area contributed by atoms with Gasteiger partial charge in [-0.1, -0.05) is 54.6 Å². The van der Waals surface area contributed by atoms with Crippen molar-refractivity contribution in [3.8, 4) is 16.9 Å². The van der Waals surface area contributed by atoms with Crippen LogP contribution in [-0.2, 0) is 26.1 Å². The number of ether oxygens (including phenoxy) is 1. The zero-order valence-electron chi connectivity index (χ0n) is 13.5. The molecule has 0 unspecified atom stereocenters. The van der Waals surface area contributed by atoms with Gasteiger partial charge in [-0.2, -0.15) is 0 Å². The number of aliphatic hydroxyl groups is 1. The van der Waals surface area contributed by atoms with Crippen molar-refractivity contribution < 1.29 is 9.84 Å². The number of rotatable bonds is 5. The molecule has 0 bridgehead atoms. The Balaban J connectivity index is 1.60. The van der Waals surface area contributed by atoms with Crippen molar-refractivity contribution in [2.75, 3.05) is 0 Å². The van der Waals surface area contributed by atoms with Crippen LogP contribution in [0.5, 0.6) is 5.75 Å². The number of hydrogen-bond donors (Lipinski definition) is 1. The van der Waals surface area contributed by atoms with Crippen LogP contribution in [0.3, 0.4) is 0 Å². The highest BCUT2D eigenvalue weighted by atomic mass is 16.5. The second kappa shape index (κ2) is 6.50. The predicted molar refractivity (Wildman–Crippen MR) is 96.0 cm³/mol. The standard InChI is InChI=1S/C22H20O2/c23-14-17-7-4-8-18(13-17)19-11-12-22(21-10-9-20(19)21)24-15-16-5-2-1-3-6-16/h1-8,11-13,23H,9-10,14-15H2. The molecule has 0 saturated heterocycles. The Hall–Kier alpha value is -2.58. The van der Waals surface area contributed by atoms with Crippen molar-refractivity contribution >= 4 is 0 Å². The van der Waals surface area contributed by atoms with E-state index in [0.29, 0.717) is 6.61 Å². The van der Waals surface area contributed by atoms with Crippen LogP contribution < -0.4 is 4.74 Å². The van der Waals surface area contributed by atoms with Crippen LogP contribution >= 0.6 is 0 Å². The summed E-state index contributed by atoms with van der Waals surface area (Å²) in [6.07, 6.45) is 2.17. The van der Waals surface area contributed by atoms with Crippen LogP contribution in [0.2, 0.25) is 0 Å². The van der Waals surface area contributed by atoms with E-state index in [1.165, 1.54) is 27.8 Å². The Bertz CT molecular complexity index is 853. The first kappa shape index (κ1) is 15.0. The summed E-state index contributed by atoms with van der Waals surface area (Å²) in [7, 11) is 0. The number of hydrogen-bond acceptors (Lipinski definition) is 2. The van der Waals surface area contributed by atoms with Gasteiger partial charge < -0.3 is 9.84 Å². The van der Waals surface area contributed by atoms with Gasteiger partial charge in [0.25, 0.3) is 0 Å². The van der Waals surface area contributed by atoms with Crippen LogP contribution in [0.15, 0.2) is 66.7 Å². The lowest BCUT2D eigenvalue weighted by atomic mass is 9.81. The third kappa shape index (κ3) is 2.81. The lowest BCUT2D eigenvalue weighted by Gasteiger charge is -2.26. The van der Waals surface area contributed by atoms with Crippen molar-refractivity contribution in [2.45, 2.75) is 26.1 Å². The SMILES string of the molecule is OCc1cccc(-c2ccc(OCc3ccccc3)c3c2CC3)c1. The summed E-state index contributed by atoms with van der Waals surface area (Å²) in [6.45, 7) is 0.681. The van der Waals surface area contributed by atoms with Gasteiger partial charge in [0.1, 0.15) is 12.4 Å². The molecule has 0 heterocycles. The maximum atomic E-state index is 9.35. The van der Waals surface area contributed by atoms with E-state index >= 15 is 0 Å². The third-order valence-electron chi connectivity index (χ3n) is 4.67. The second-order valence-corrected chi connectivity index (χ2v) is 6.20. The lowest BCUT2D eigenvalue weighted by molar-refractivity contribution is 0.282. The molecule has 0 spiro atoms. The quantitative estimate of drug-likeness (QED) is 0.750. The first-order chi connectivity index (χ1) is 11.8. The summed E-state index contributed by atoms with van der Waals surface area (Å²) >= 11 is 0. The predicted octanol–water partition coefficient (Wildman–Crippen LogP) is 4.52. The van der Waals surface area contributed by atoms with E-state index in [9.17, 15) is 5.11 Å². The summed E-state index contributed by atoms with van der Waals surface area (Å²) < 4.78 is 6.05. The molecule has 1 aliphatic rings. The second-order valence-electron chi connectivity index (χ2n) is 6.20. The van der Waals surface area contributed by atoms with E-state index in [0.717, 1.165) is 24.2 Å². The third-order valence-corrected chi connectivity index (χ3v) is 4.67. The highest BCUT2D eigenvalue weighted by Gasteiger charge is 2.22. The molecular formula is C22H20O2. The van der Waals surface area contributed by atoms with E-state index in [1.807, 2.05) is 30.3 Å². The van der Waals surface area contributed by atoms with Gasteiger partial charge in [0.15, 0.2) is 0 Å². The summed E-state index contributed by atoms with van der Waals surface area (Å²) in [4.78, 5) is 0. The van der Waals surface area contributed by atoms with Crippen molar-refractivity contribution in [3.63, 3.8) is 0 Å². The van der Waals surface area contributed by atoms with Crippen LogP contribution in [0.1, 0.15) is 22.3 Å².